The van der Waals surface area contributed by atoms with Gasteiger partial charge in [-0.3, -0.25) is 10.2 Å². The third-order valence-corrected chi connectivity index (χ3v) is 6.58. The van der Waals surface area contributed by atoms with Crippen LogP contribution >= 0.6 is 0 Å². The molecule has 6 nitrogen and oxygen atoms in total. The minimum Gasteiger partial charge on any atom is -0.393 e. The summed E-state index contributed by atoms with van der Waals surface area (Å²) in [6, 6.07) is 7.91. The lowest BCUT2D eigenvalue weighted by atomic mass is 9.87. The molecule has 0 saturated carbocycles. The Morgan fingerprint density at radius 1 is 1.26 bits per heavy atom. The first-order valence-electron chi connectivity index (χ1n) is 12.7. The fourth-order valence-corrected chi connectivity index (χ4v) is 4.32. The van der Waals surface area contributed by atoms with Crippen molar-refractivity contribution in [1.29, 1.82) is 5.41 Å². The van der Waals surface area contributed by atoms with E-state index in [1.807, 2.05) is 6.92 Å². The van der Waals surface area contributed by atoms with E-state index in [2.05, 4.69) is 15.6 Å². The van der Waals surface area contributed by atoms with Gasteiger partial charge in [-0.15, -0.1) is 0 Å². The number of nitrogens with one attached hydrogen (secondary N) is 3. The van der Waals surface area contributed by atoms with Gasteiger partial charge in [0.15, 0.2) is 0 Å². The molecule has 39 heavy (non-hydrogen) atoms. The van der Waals surface area contributed by atoms with Crippen molar-refractivity contribution in [3.05, 3.63) is 65.1 Å². The molecule has 1 saturated heterocycles. The number of aliphatic imine (C=N–C) groups is 1. The maximum Gasteiger partial charge on any atom is 0.417 e. The summed E-state index contributed by atoms with van der Waals surface area (Å²) < 4.78 is 68.8. The molecule has 1 amide bonds. The highest BCUT2D eigenvalue weighted by Gasteiger charge is 2.46. The Hall–Kier alpha value is -3.50. The minimum atomic E-state index is -4.58. The summed E-state index contributed by atoms with van der Waals surface area (Å²) in [5.41, 5.74) is 0.0959. The van der Waals surface area contributed by atoms with Crippen LogP contribution in [0.2, 0.25) is 0 Å². The van der Waals surface area contributed by atoms with Gasteiger partial charge in [0.05, 0.1) is 18.2 Å². The highest BCUT2D eigenvalue weighted by molar-refractivity contribution is 6.54. The van der Waals surface area contributed by atoms with Gasteiger partial charge in [-0.2, -0.15) is 13.2 Å². The third kappa shape index (κ3) is 8.49. The molecule has 11 heteroatoms. The molecular formula is C28H36F5N5O. The number of likely N-dealkylation sites (tertiary alicyclic amines) is 1. The predicted molar refractivity (Wildman–Crippen MR) is 145 cm³/mol. The fraction of sp³-hybridized carbons (Fsp3) is 0.464. The van der Waals surface area contributed by atoms with Crippen LogP contribution in [0, 0.1) is 11.3 Å². The van der Waals surface area contributed by atoms with Crippen LogP contribution in [0.25, 0.3) is 5.57 Å². The molecule has 1 aromatic rings. The van der Waals surface area contributed by atoms with Crippen molar-refractivity contribution in [2.45, 2.75) is 58.7 Å². The van der Waals surface area contributed by atoms with E-state index >= 15 is 0 Å². The second-order valence-electron chi connectivity index (χ2n) is 9.49. The van der Waals surface area contributed by atoms with Gasteiger partial charge in [-0.25, -0.2) is 13.8 Å². The third-order valence-electron chi connectivity index (χ3n) is 6.58. The van der Waals surface area contributed by atoms with Gasteiger partial charge in [-0.1, -0.05) is 50.3 Å². The molecule has 0 bridgehead atoms. The highest BCUT2D eigenvalue weighted by Crippen LogP contribution is 2.35. The summed E-state index contributed by atoms with van der Waals surface area (Å²) in [7, 11) is 1.60. The molecule has 1 heterocycles. The van der Waals surface area contributed by atoms with E-state index in [1.54, 1.807) is 51.2 Å². The van der Waals surface area contributed by atoms with Crippen LogP contribution in [-0.4, -0.2) is 61.0 Å². The molecule has 0 aliphatic carbocycles. The average Bonchev–Trinajstić information content (AvgIpc) is 2.87. The number of benzene rings is 1. The van der Waals surface area contributed by atoms with Crippen molar-refractivity contribution < 1.29 is 26.7 Å². The second kappa shape index (κ2) is 13.5. The molecule has 3 N–H and O–H groups in total. The van der Waals surface area contributed by atoms with Crippen LogP contribution in [0.5, 0.6) is 0 Å². The summed E-state index contributed by atoms with van der Waals surface area (Å²) in [5, 5.41) is 14.4. The Balaban J connectivity index is 2.38. The Morgan fingerprint density at radius 2 is 1.90 bits per heavy atom. The molecule has 2 unspecified atom stereocenters. The Kier molecular flexibility index (Phi) is 11.0. The molecule has 214 valence electrons. The van der Waals surface area contributed by atoms with E-state index in [4.69, 9.17) is 5.41 Å². The highest BCUT2D eigenvalue weighted by atomic mass is 19.4. The number of alkyl halides is 5. The summed E-state index contributed by atoms with van der Waals surface area (Å²) in [5.74, 6) is -4.52. The van der Waals surface area contributed by atoms with E-state index in [0.29, 0.717) is 23.8 Å². The largest absolute Gasteiger partial charge is 0.417 e. The second-order valence-corrected chi connectivity index (χ2v) is 9.49. The summed E-state index contributed by atoms with van der Waals surface area (Å²) in [6.45, 7) is 5.45. The van der Waals surface area contributed by atoms with Gasteiger partial charge < -0.3 is 15.5 Å². The van der Waals surface area contributed by atoms with Crippen LogP contribution in [-0.2, 0) is 4.79 Å². The van der Waals surface area contributed by atoms with Crippen molar-refractivity contribution >= 4 is 23.4 Å². The molecule has 2 atom stereocenters. The van der Waals surface area contributed by atoms with Gasteiger partial charge in [0.25, 0.3) is 11.8 Å². The number of carbonyl (C=O) groups excluding carboxylic acids is 1. The lowest BCUT2D eigenvalue weighted by Crippen LogP contribution is -2.59. The first-order valence-corrected chi connectivity index (χ1v) is 12.7. The van der Waals surface area contributed by atoms with Crippen LogP contribution in [0.15, 0.2) is 64.6 Å². The van der Waals surface area contributed by atoms with Gasteiger partial charge in [-0.05, 0) is 37.3 Å². The van der Waals surface area contributed by atoms with E-state index in [0.717, 1.165) is 11.0 Å². The summed E-state index contributed by atoms with van der Waals surface area (Å²) in [4.78, 5) is 18.5. The predicted octanol–water partition coefficient (Wildman–Crippen LogP) is 5.95. The smallest absolute Gasteiger partial charge is 0.393 e. The zero-order valence-corrected chi connectivity index (χ0v) is 22.8. The molecular weight excluding hydrogens is 517 g/mol. The van der Waals surface area contributed by atoms with Crippen LogP contribution < -0.4 is 10.6 Å². The monoisotopic (exact) mass is 553 g/mol. The lowest BCUT2D eigenvalue weighted by Gasteiger charge is -2.43. The van der Waals surface area contributed by atoms with Crippen LogP contribution in [0.3, 0.4) is 0 Å². The standard InChI is InChI=1S/C28H36F5N5O/c1-6-18(3)25(36-14-21(7-2)28(31,32)33)37-16-23-19(4)13-27(29,30)17-38(23)26(39)24(34)22(15-35-5)20-11-9-8-10-12-20/h7-12,14-15,19,23,34-35,37H,6,13,16-17H2,1-5H3/b21-7+,22-15-,25-18+,34-24?,36-14-. The number of halogens is 5. The average molecular weight is 554 g/mol. The van der Waals surface area contributed by atoms with Gasteiger partial charge in [0.1, 0.15) is 11.5 Å². The Labute approximate surface area is 226 Å². The molecule has 1 aliphatic rings. The van der Waals surface area contributed by atoms with Crippen molar-refractivity contribution in [3.8, 4) is 0 Å². The molecule has 0 radical (unpaired) electrons. The lowest BCUT2D eigenvalue weighted by molar-refractivity contribution is -0.145. The molecule has 0 spiro atoms. The zero-order chi connectivity index (χ0) is 29.4. The first kappa shape index (κ1) is 31.7. The van der Waals surface area contributed by atoms with Gasteiger partial charge in [0.2, 0.25) is 0 Å². The number of allylic oxidation sites excluding steroid dienone is 3. The Morgan fingerprint density at radius 3 is 2.44 bits per heavy atom. The quantitative estimate of drug-likeness (QED) is 0.248. The number of carbonyl (C=O) groups is 1. The van der Waals surface area contributed by atoms with Crippen LogP contribution in [0.1, 0.15) is 46.1 Å². The summed E-state index contributed by atoms with van der Waals surface area (Å²) >= 11 is 0. The first-order chi connectivity index (χ1) is 18.3. The van der Waals surface area contributed by atoms with E-state index < -0.39 is 54.2 Å². The van der Waals surface area contributed by atoms with Crippen molar-refractivity contribution in [2.24, 2.45) is 10.9 Å². The molecule has 2 rings (SSSR count). The normalized spacial score (nSPS) is 21.0. The molecule has 1 aliphatic heterocycles. The molecule has 1 aromatic carbocycles. The van der Waals surface area contributed by atoms with E-state index in [1.165, 1.54) is 13.1 Å². The topological polar surface area (TPSA) is 80.6 Å². The number of nitrogens with zero attached hydrogens (tertiary/aromatic N) is 2. The van der Waals surface area contributed by atoms with Crippen molar-refractivity contribution in [2.75, 3.05) is 20.1 Å². The van der Waals surface area contributed by atoms with E-state index in [-0.39, 0.29) is 17.9 Å². The zero-order valence-electron chi connectivity index (χ0n) is 22.8. The van der Waals surface area contributed by atoms with Gasteiger partial charge >= 0.3 is 6.18 Å². The van der Waals surface area contributed by atoms with Crippen molar-refractivity contribution in [1.82, 2.24) is 15.5 Å². The maximum absolute atomic E-state index is 14.7. The maximum atomic E-state index is 14.7. The van der Waals surface area contributed by atoms with Crippen molar-refractivity contribution in [3.63, 3.8) is 0 Å². The summed E-state index contributed by atoms with van der Waals surface area (Å²) in [6.07, 6.45) is -1.48. The number of rotatable bonds is 10. The van der Waals surface area contributed by atoms with Crippen LogP contribution in [0.4, 0.5) is 22.0 Å². The SMILES string of the molecule is C\C=C(/C=N\C(NCC1C(C)CC(F)(F)CN1C(=O)C(=N)/C(=C\NC)c1ccccc1)=C(\C)CC)C(F)(F)F. The number of piperidine rings is 1. The van der Waals surface area contributed by atoms with E-state index in [9.17, 15) is 26.7 Å². The number of hydrogen-bond donors (Lipinski definition) is 3. The number of amides is 1. The molecule has 1 fully saturated rings. The van der Waals surface area contributed by atoms with Gasteiger partial charge in [0, 0.05) is 38.0 Å². The number of hydrogen-bond acceptors (Lipinski definition) is 5. The Bertz CT molecular complexity index is 1140. The fourth-order valence-electron chi connectivity index (χ4n) is 4.32. The minimum absolute atomic E-state index is 0.0338. The molecule has 0 aromatic heterocycles.